The number of H-pyrrole nitrogens is 1. The zero-order valence-electron chi connectivity index (χ0n) is 16.7. The second-order valence-electron chi connectivity index (χ2n) is 7.55. The van der Waals surface area contributed by atoms with Crippen molar-refractivity contribution in [1.82, 2.24) is 9.97 Å². The van der Waals surface area contributed by atoms with Crippen LogP contribution in [0, 0.1) is 0 Å². The smallest absolute Gasteiger partial charge is 0.167 e. The SMILES string of the molecule is O=C(Cc1ccc2nc(-c3ccc(N4CCOCC4)cc3)[nH]c2c1)c1ccccc1. The van der Waals surface area contributed by atoms with Crippen LogP contribution in [0.4, 0.5) is 5.69 Å². The number of aromatic amines is 1. The van der Waals surface area contributed by atoms with Crippen molar-refractivity contribution in [1.29, 1.82) is 0 Å². The molecule has 5 heteroatoms. The van der Waals surface area contributed by atoms with Crippen molar-refractivity contribution in [3.63, 3.8) is 0 Å². The Morgan fingerprint density at radius 2 is 1.73 bits per heavy atom. The predicted octanol–water partition coefficient (Wildman–Crippen LogP) is 4.49. The monoisotopic (exact) mass is 397 g/mol. The van der Waals surface area contributed by atoms with Crippen LogP contribution in [0.25, 0.3) is 22.4 Å². The van der Waals surface area contributed by atoms with Crippen LogP contribution in [-0.4, -0.2) is 42.1 Å². The number of anilines is 1. The van der Waals surface area contributed by atoms with E-state index in [1.165, 1.54) is 5.69 Å². The molecule has 3 aromatic carbocycles. The summed E-state index contributed by atoms with van der Waals surface area (Å²) in [6, 6.07) is 23.9. The van der Waals surface area contributed by atoms with Crippen LogP contribution < -0.4 is 4.90 Å². The van der Waals surface area contributed by atoms with Gasteiger partial charge in [0.25, 0.3) is 0 Å². The molecule has 0 amide bonds. The van der Waals surface area contributed by atoms with Crippen LogP contribution in [-0.2, 0) is 11.2 Å². The van der Waals surface area contributed by atoms with Crippen molar-refractivity contribution >= 4 is 22.5 Å². The molecule has 0 radical (unpaired) electrons. The average molecular weight is 397 g/mol. The van der Waals surface area contributed by atoms with Gasteiger partial charge in [-0.2, -0.15) is 0 Å². The minimum absolute atomic E-state index is 0.119. The van der Waals surface area contributed by atoms with E-state index in [9.17, 15) is 4.79 Å². The van der Waals surface area contributed by atoms with Gasteiger partial charge in [-0.25, -0.2) is 4.98 Å². The Morgan fingerprint density at radius 3 is 2.50 bits per heavy atom. The summed E-state index contributed by atoms with van der Waals surface area (Å²) in [6.45, 7) is 3.41. The largest absolute Gasteiger partial charge is 0.378 e. The zero-order chi connectivity index (χ0) is 20.3. The average Bonchev–Trinajstić information content (AvgIpc) is 3.24. The molecule has 0 atom stereocenters. The second kappa shape index (κ2) is 8.13. The number of Topliss-reactive ketones (excluding diaryl/α,β-unsaturated/α-hetero) is 1. The predicted molar refractivity (Wildman–Crippen MR) is 119 cm³/mol. The number of hydrogen-bond acceptors (Lipinski definition) is 4. The number of rotatable bonds is 5. The van der Waals surface area contributed by atoms with Gasteiger partial charge in [0, 0.05) is 36.3 Å². The van der Waals surface area contributed by atoms with E-state index in [1.54, 1.807) is 0 Å². The number of aromatic nitrogens is 2. The number of nitrogens with one attached hydrogen (secondary N) is 1. The molecule has 0 aliphatic carbocycles. The Morgan fingerprint density at radius 1 is 0.967 bits per heavy atom. The fourth-order valence-corrected chi connectivity index (χ4v) is 3.87. The van der Waals surface area contributed by atoms with E-state index in [0.717, 1.165) is 59.9 Å². The van der Waals surface area contributed by atoms with Gasteiger partial charge in [0.1, 0.15) is 5.82 Å². The van der Waals surface area contributed by atoms with Gasteiger partial charge in [-0.05, 0) is 42.0 Å². The summed E-state index contributed by atoms with van der Waals surface area (Å²) in [5.41, 5.74) is 5.82. The molecule has 1 saturated heterocycles. The third-order valence-electron chi connectivity index (χ3n) is 5.52. The van der Waals surface area contributed by atoms with Crippen molar-refractivity contribution < 1.29 is 9.53 Å². The summed E-state index contributed by atoms with van der Waals surface area (Å²) in [6.07, 6.45) is 0.378. The molecule has 0 spiro atoms. The molecule has 1 N–H and O–H groups in total. The number of fused-ring (bicyclic) bond motifs is 1. The van der Waals surface area contributed by atoms with Crippen molar-refractivity contribution in [3.8, 4) is 11.4 Å². The molecule has 5 rings (SSSR count). The van der Waals surface area contributed by atoms with Gasteiger partial charge in [-0.15, -0.1) is 0 Å². The van der Waals surface area contributed by atoms with E-state index in [4.69, 9.17) is 9.72 Å². The Bertz CT molecular complexity index is 1160. The Kier molecular flexibility index (Phi) is 5.03. The summed E-state index contributed by atoms with van der Waals surface area (Å²) >= 11 is 0. The fourth-order valence-electron chi connectivity index (χ4n) is 3.87. The van der Waals surface area contributed by atoms with Crippen LogP contribution in [0.1, 0.15) is 15.9 Å². The molecule has 150 valence electrons. The summed E-state index contributed by atoms with van der Waals surface area (Å²) < 4.78 is 5.43. The van der Waals surface area contributed by atoms with Gasteiger partial charge in [-0.1, -0.05) is 36.4 Å². The van der Waals surface area contributed by atoms with Gasteiger partial charge >= 0.3 is 0 Å². The van der Waals surface area contributed by atoms with Gasteiger partial charge in [-0.3, -0.25) is 4.79 Å². The maximum Gasteiger partial charge on any atom is 0.167 e. The highest BCUT2D eigenvalue weighted by Crippen LogP contribution is 2.25. The minimum Gasteiger partial charge on any atom is -0.378 e. The topological polar surface area (TPSA) is 58.2 Å². The molecular formula is C25H23N3O2. The third-order valence-corrected chi connectivity index (χ3v) is 5.52. The van der Waals surface area contributed by atoms with E-state index in [1.807, 2.05) is 48.5 Å². The van der Waals surface area contributed by atoms with Crippen LogP contribution in [0.3, 0.4) is 0 Å². The highest BCUT2D eigenvalue weighted by molar-refractivity contribution is 5.97. The van der Waals surface area contributed by atoms with Gasteiger partial charge in [0.05, 0.1) is 24.2 Å². The highest BCUT2D eigenvalue weighted by Gasteiger charge is 2.13. The Hall–Kier alpha value is -3.44. The first-order valence-corrected chi connectivity index (χ1v) is 10.3. The van der Waals surface area contributed by atoms with Gasteiger partial charge < -0.3 is 14.6 Å². The number of carbonyl (C=O) groups is 1. The molecule has 2 heterocycles. The van der Waals surface area contributed by atoms with Gasteiger partial charge in [0.2, 0.25) is 0 Å². The minimum atomic E-state index is 0.119. The van der Waals surface area contributed by atoms with Crippen LogP contribution in [0.2, 0.25) is 0 Å². The molecule has 5 nitrogen and oxygen atoms in total. The summed E-state index contributed by atoms with van der Waals surface area (Å²) in [7, 11) is 0. The highest BCUT2D eigenvalue weighted by atomic mass is 16.5. The van der Waals surface area contributed by atoms with Crippen LogP contribution in [0.15, 0.2) is 72.8 Å². The number of imidazole rings is 1. The first-order chi connectivity index (χ1) is 14.8. The van der Waals surface area contributed by atoms with Crippen LogP contribution in [0.5, 0.6) is 0 Å². The van der Waals surface area contributed by atoms with Crippen molar-refractivity contribution in [3.05, 3.63) is 83.9 Å². The Labute approximate surface area is 175 Å². The van der Waals surface area contributed by atoms with Crippen molar-refractivity contribution in [2.75, 3.05) is 31.2 Å². The first-order valence-electron chi connectivity index (χ1n) is 10.3. The van der Waals surface area contributed by atoms with E-state index in [0.29, 0.717) is 6.42 Å². The molecule has 4 aromatic rings. The molecule has 1 aromatic heterocycles. The lowest BCUT2D eigenvalue weighted by Crippen LogP contribution is -2.36. The van der Waals surface area contributed by atoms with E-state index >= 15 is 0 Å². The molecule has 1 aliphatic rings. The molecule has 1 aliphatic heterocycles. The lowest BCUT2D eigenvalue weighted by atomic mass is 10.0. The lowest BCUT2D eigenvalue weighted by molar-refractivity contribution is 0.0993. The van der Waals surface area contributed by atoms with Crippen molar-refractivity contribution in [2.24, 2.45) is 0 Å². The molecule has 30 heavy (non-hydrogen) atoms. The van der Waals surface area contributed by atoms with E-state index in [-0.39, 0.29) is 5.78 Å². The lowest BCUT2D eigenvalue weighted by Gasteiger charge is -2.28. The standard InChI is InChI=1S/C25H23N3O2/c29-24(19-4-2-1-3-5-19)17-18-6-11-22-23(16-18)27-25(26-22)20-7-9-21(10-8-20)28-12-14-30-15-13-28/h1-11,16H,12-15,17H2,(H,26,27). The number of morpholine rings is 1. The number of ether oxygens (including phenoxy) is 1. The quantitative estimate of drug-likeness (QED) is 0.504. The van der Waals surface area contributed by atoms with Crippen LogP contribution >= 0.6 is 0 Å². The maximum atomic E-state index is 12.5. The first kappa shape index (κ1) is 18.6. The summed E-state index contributed by atoms with van der Waals surface area (Å²) in [4.78, 5) is 23.0. The molecular weight excluding hydrogens is 374 g/mol. The van der Waals surface area contributed by atoms with E-state index in [2.05, 4.69) is 34.1 Å². The van der Waals surface area contributed by atoms with Crippen molar-refractivity contribution in [2.45, 2.75) is 6.42 Å². The molecule has 0 bridgehead atoms. The number of nitrogens with zero attached hydrogens (tertiary/aromatic N) is 2. The fraction of sp³-hybridized carbons (Fsp3) is 0.200. The molecule has 0 unspecified atom stereocenters. The number of ketones is 1. The number of benzene rings is 3. The Balaban J connectivity index is 1.35. The van der Waals surface area contributed by atoms with Gasteiger partial charge in [0.15, 0.2) is 5.78 Å². The summed E-state index contributed by atoms with van der Waals surface area (Å²) in [5, 5.41) is 0. The molecule has 1 fully saturated rings. The van der Waals surface area contributed by atoms with E-state index < -0.39 is 0 Å². The maximum absolute atomic E-state index is 12.5. The number of hydrogen-bond donors (Lipinski definition) is 1. The molecule has 0 saturated carbocycles. The third kappa shape index (κ3) is 3.84. The zero-order valence-corrected chi connectivity index (χ0v) is 16.7. The normalized spacial score (nSPS) is 14.2. The second-order valence-corrected chi connectivity index (χ2v) is 7.55. The summed E-state index contributed by atoms with van der Waals surface area (Å²) in [5.74, 6) is 0.957. The number of carbonyl (C=O) groups excluding carboxylic acids is 1.